The maximum Gasteiger partial charge on any atom is 0.317 e. The first kappa shape index (κ1) is 18.6. The molecule has 0 saturated carbocycles. The summed E-state index contributed by atoms with van der Waals surface area (Å²) in [5.74, 6) is -0.670. The van der Waals surface area contributed by atoms with E-state index in [1.807, 2.05) is 24.3 Å². The molecule has 6 nitrogen and oxygen atoms in total. The third kappa shape index (κ3) is 4.85. The minimum atomic E-state index is -0.913. The van der Waals surface area contributed by atoms with Crippen molar-refractivity contribution in [2.75, 3.05) is 6.54 Å². The fourth-order valence-electron chi connectivity index (χ4n) is 2.21. The summed E-state index contributed by atoms with van der Waals surface area (Å²) in [5, 5.41) is 15.4. The third-order valence-corrected chi connectivity index (χ3v) is 3.29. The van der Waals surface area contributed by atoms with Gasteiger partial charge in [0.15, 0.2) is 0 Å². The van der Waals surface area contributed by atoms with Gasteiger partial charge in [0.05, 0.1) is 6.54 Å². The number of carboxylic acid groups (broad SMARTS) is 1. The van der Waals surface area contributed by atoms with Gasteiger partial charge in [-0.25, -0.2) is 4.39 Å². The molecular weight excluding hydrogens is 349 g/mol. The maximum absolute atomic E-state index is 13.3. The molecule has 0 spiro atoms. The molecule has 2 aromatic carbocycles. The van der Waals surface area contributed by atoms with E-state index in [0.717, 1.165) is 11.1 Å². The number of carbonyl (C=O) groups is 1. The highest BCUT2D eigenvalue weighted by atomic mass is 35.5. The quantitative estimate of drug-likeness (QED) is 0.699. The lowest BCUT2D eigenvalue weighted by atomic mass is 10.1. The molecule has 3 rings (SSSR count). The summed E-state index contributed by atoms with van der Waals surface area (Å²) in [6.45, 7) is 0.297. The van der Waals surface area contributed by atoms with Crippen molar-refractivity contribution in [3.05, 3.63) is 59.9 Å². The van der Waals surface area contributed by atoms with Crippen LogP contribution in [0.4, 0.5) is 4.39 Å². The molecule has 2 N–H and O–H groups in total. The van der Waals surface area contributed by atoms with Crippen LogP contribution in [0, 0.1) is 5.82 Å². The molecule has 1 heterocycles. The highest BCUT2D eigenvalue weighted by Crippen LogP contribution is 2.23. The van der Waals surface area contributed by atoms with Crippen LogP contribution in [0.3, 0.4) is 0 Å². The van der Waals surface area contributed by atoms with Gasteiger partial charge in [-0.05, 0) is 29.8 Å². The number of hydrogen-bond donors (Lipinski definition) is 2. The minimum Gasteiger partial charge on any atom is -0.480 e. The predicted octanol–water partition coefficient (Wildman–Crippen LogP) is 3.14. The van der Waals surface area contributed by atoms with Crippen molar-refractivity contribution < 1.29 is 18.8 Å². The van der Waals surface area contributed by atoms with Gasteiger partial charge in [-0.15, -0.1) is 12.4 Å². The Labute approximate surface area is 149 Å². The molecule has 8 heteroatoms. The zero-order valence-corrected chi connectivity index (χ0v) is 13.8. The topological polar surface area (TPSA) is 88.2 Å². The molecule has 25 heavy (non-hydrogen) atoms. The van der Waals surface area contributed by atoms with Crippen LogP contribution in [0.25, 0.3) is 22.8 Å². The Hall–Kier alpha value is -2.77. The van der Waals surface area contributed by atoms with Crippen molar-refractivity contribution in [1.82, 2.24) is 15.5 Å². The molecule has 0 unspecified atom stereocenters. The Bertz CT molecular complexity index is 870. The molecule has 0 aliphatic carbocycles. The number of carboxylic acids is 1. The van der Waals surface area contributed by atoms with Gasteiger partial charge in [-0.2, -0.15) is 4.98 Å². The standard InChI is InChI=1S/C17H14FN3O3.ClH/c18-14-6-2-5-13(8-14)17-20-16(21-24-17)12-4-1-3-11(7-12)9-19-10-15(22)23;/h1-8,19H,9-10H2,(H,22,23);1H. The summed E-state index contributed by atoms with van der Waals surface area (Å²) in [5.41, 5.74) is 2.13. The van der Waals surface area contributed by atoms with Crippen molar-refractivity contribution in [3.63, 3.8) is 0 Å². The highest BCUT2D eigenvalue weighted by Gasteiger charge is 2.11. The molecular formula is C17H15ClFN3O3. The predicted molar refractivity (Wildman–Crippen MR) is 91.7 cm³/mol. The second-order valence-electron chi connectivity index (χ2n) is 5.13. The number of hydrogen-bond acceptors (Lipinski definition) is 5. The summed E-state index contributed by atoms with van der Waals surface area (Å²) < 4.78 is 18.5. The van der Waals surface area contributed by atoms with E-state index >= 15 is 0 Å². The number of aromatic nitrogens is 2. The molecule has 0 amide bonds. The number of benzene rings is 2. The largest absolute Gasteiger partial charge is 0.480 e. The van der Waals surface area contributed by atoms with Crippen LogP contribution >= 0.6 is 12.4 Å². The first-order valence-corrected chi connectivity index (χ1v) is 7.23. The van der Waals surface area contributed by atoms with E-state index in [9.17, 15) is 9.18 Å². The number of nitrogens with one attached hydrogen (secondary N) is 1. The molecule has 0 radical (unpaired) electrons. The Morgan fingerprint density at radius 3 is 2.68 bits per heavy atom. The van der Waals surface area contributed by atoms with Gasteiger partial charge >= 0.3 is 5.97 Å². The molecule has 0 aliphatic heterocycles. The van der Waals surface area contributed by atoms with Gasteiger partial charge in [-0.3, -0.25) is 4.79 Å². The van der Waals surface area contributed by atoms with Crippen LogP contribution in [0.2, 0.25) is 0 Å². The minimum absolute atomic E-state index is 0. The van der Waals surface area contributed by atoms with Crippen LogP contribution in [0.15, 0.2) is 53.1 Å². The average Bonchev–Trinajstić information content (AvgIpc) is 3.05. The van der Waals surface area contributed by atoms with E-state index in [4.69, 9.17) is 9.63 Å². The fraction of sp³-hybridized carbons (Fsp3) is 0.118. The number of rotatable bonds is 6. The van der Waals surface area contributed by atoms with E-state index in [0.29, 0.717) is 17.9 Å². The fourth-order valence-corrected chi connectivity index (χ4v) is 2.21. The number of nitrogens with zero attached hydrogens (tertiary/aromatic N) is 2. The van der Waals surface area contributed by atoms with E-state index in [2.05, 4.69) is 15.5 Å². The SMILES string of the molecule is Cl.O=C(O)CNCc1cccc(-c2noc(-c3cccc(F)c3)n2)c1. The van der Waals surface area contributed by atoms with Crippen molar-refractivity contribution in [2.45, 2.75) is 6.54 Å². The number of aliphatic carboxylic acids is 1. The van der Waals surface area contributed by atoms with Crippen molar-refractivity contribution >= 4 is 18.4 Å². The molecule has 0 aliphatic rings. The van der Waals surface area contributed by atoms with E-state index in [1.54, 1.807) is 12.1 Å². The Balaban J connectivity index is 0.00000225. The van der Waals surface area contributed by atoms with E-state index < -0.39 is 5.97 Å². The average molecular weight is 364 g/mol. The lowest BCUT2D eigenvalue weighted by Crippen LogP contribution is -2.21. The summed E-state index contributed by atoms with van der Waals surface area (Å²) in [6, 6.07) is 13.3. The summed E-state index contributed by atoms with van der Waals surface area (Å²) in [4.78, 5) is 14.8. The van der Waals surface area contributed by atoms with Gasteiger partial charge in [-0.1, -0.05) is 29.4 Å². The zero-order valence-electron chi connectivity index (χ0n) is 13.0. The molecule has 0 saturated heterocycles. The van der Waals surface area contributed by atoms with Gasteiger partial charge in [0.2, 0.25) is 5.82 Å². The third-order valence-electron chi connectivity index (χ3n) is 3.29. The van der Waals surface area contributed by atoms with Crippen LogP contribution in [0.1, 0.15) is 5.56 Å². The molecule has 0 atom stereocenters. The Kier molecular flexibility index (Phi) is 6.21. The van der Waals surface area contributed by atoms with Gasteiger partial charge < -0.3 is 14.9 Å². The lowest BCUT2D eigenvalue weighted by Gasteiger charge is -2.03. The van der Waals surface area contributed by atoms with Crippen LogP contribution in [-0.4, -0.2) is 27.8 Å². The first-order valence-electron chi connectivity index (χ1n) is 7.23. The van der Waals surface area contributed by atoms with Gasteiger partial charge in [0, 0.05) is 17.7 Å². The second kappa shape index (κ2) is 8.36. The molecule has 0 bridgehead atoms. The highest BCUT2D eigenvalue weighted by molar-refractivity contribution is 5.85. The number of halogens is 2. The second-order valence-corrected chi connectivity index (χ2v) is 5.13. The molecule has 0 fully saturated rings. The summed E-state index contributed by atoms with van der Waals surface area (Å²) in [7, 11) is 0. The van der Waals surface area contributed by atoms with Crippen molar-refractivity contribution in [1.29, 1.82) is 0 Å². The van der Waals surface area contributed by atoms with Crippen LogP contribution in [-0.2, 0) is 11.3 Å². The van der Waals surface area contributed by atoms with Crippen molar-refractivity contribution in [3.8, 4) is 22.8 Å². The van der Waals surface area contributed by atoms with Crippen LogP contribution in [0.5, 0.6) is 0 Å². The maximum atomic E-state index is 13.3. The smallest absolute Gasteiger partial charge is 0.317 e. The molecule has 1 aromatic heterocycles. The summed E-state index contributed by atoms with van der Waals surface area (Å²) in [6.07, 6.45) is 0. The van der Waals surface area contributed by atoms with Gasteiger partial charge in [0.25, 0.3) is 5.89 Å². The lowest BCUT2D eigenvalue weighted by molar-refractivity contribution is -0.135. The first-order chi connectivity index (χ1) is 11.6. The summed E-state index contributed by atoms with van der Waals surface area (Å²) >= 11 is 0. The van der Waals surface area contributed by atoms with Gasteiger partial charge in [0.1, 0.15) is 5.82 Å². The van der Waals surface area contributed by atoms with Crippen LogP contribution < -0.4 is 5.32 Å². The zero-order chi connectivity index (χ0) is 16.9. The Morgan fingerprint density at radius 2 is 1.92 bits per heavy atom. The van der Waals surface area contributed by atoms with E-state index in [-0.39, 0.29) is 30.7 Å². The normalized spacial score (nSPS) is 10.3. The van der Waals surface area contributed by atoms with E-state index in [1.165, 1.54) is 12.1 Å². The Morgan fingerprint density at radius 1 is 1.16 bits per heavy atom. The van der Waals surface area contributed by atoms with Crippen molar-refractivity contribution in [2.24, 2.45) is 0 Å². The molecule has 3 aromatic rings. The molecule has 130 valence electrons. The monoisotopic (exact) mass is 363 g/mol.